The van der Waals surface area contributed by atoms with Crippen molar-refractivity contribution in [3.05, 3.63) is 141 Å². The predicted molar refractivity (Wildman–Crippen MR) is 217 cm³/mol. The Labute approximate surface area is 332 Å². The van der Waals surface area contributed by atoms with Crippen LogP contribution in [0.25, 0.3) is 10.9 Å². The quantitative estimate of drug-likeness (QED) is 0.0571. The number of esters is 1. The van der Waals surface area contributed by atoms with E-state index in [9.17, 15) is 19.5 Å². The molecule has 2 bridgehead atoms. The molecule has 57 heavy (non-hydrogen) atoms. The third-order valence-corrected chi connectivity index (χ3v) is 10.6. The van der Waals surface area contributed by atoms with Crippen LogP contribution in [0, 0.1) is 5.92 Å². The average molecular weight is 775 g/mol. The fourth-order valence-electron chi connectivity index (χ4n) is 7.55. The van der Waals surface area contributed by atoms with Crippen LogP contribution in [0.15, 0.2) is 108 Å². The minimum atomic E-state index is -0.420. The molecule has 2 fully saturated rings. The molecule has 0 saturated carbocycles. The number of hydrogen-bond donors (Lipinski definition) is 4. The van der Waals surface area contributed by atoms with Crippen molar-refractivity contribution in [2.24, 2.45) is 5.92 Å². The molecule has 1 amide bonds. The molecule has 2 saturated heterocycles. The number of amides is 1. The molecule has 0 spiro atoms. The number of fused-ring (bicyclic) bond motifs is 3. The summed E-state index contributed by atoms with van der Waals surface area (Å²) < 4.78 is 23.1. The summed E-state index contributed by atoms with van der Waals surface area (Å²) >= 11 is 0. The molecular formula is C45H50N4O8. The number of phenolic OH excluding ortho intramolecular Hbond substituents is 1. The normalized spacial score (nSPS) is 17.6. The number of ether oxygens (including phenoxy) is 4. The fourth-order valence-corrected chi connectivity index (χ4v) is 7.55. The molecule has 7 rings (SSSR count). The Morgan fingerprint density at radius 3 is 2.51 bits per heavy atom. The number of hydrogen-bond acceptors (Lipinski definition) is 10. The van der Waals surface area contributed by atoms with Crippen molar-refractivity contribution in [1.29, 1.82) is 0 Å². The van der Waals surface area contributed by atoms with Gasteiger partial charge in [0.05, 0.1) is 23.7 Å². The van der Waals surface area contributed by atoms with E-state index in [4.69, 9.17) is 18.9 Å². The van der Waals surface area contributed by atoms with Crippen molar-refractivity contribution >= 4 is 23.0 Å². The van der Waals surface area contributed by atoms with Crippen molar-refractivity contribution in [2.75, 3.05) is 52.5 Å². The molecule has 4 N–H and O–H groups in total. The lowest BCUT2D eigenvalue weighted by Gasteiger charge is -2.25. The molecular weight excluding hydrogens is 725 g/mol. The van der Waals surface area contributed by atoms with E-state index >= 15 is 0 Å². The van der Waals surface area contributed by atoms with Gasteiger partial charge in [0.15, 0.2) is 0 Å². The van der Waals surface area contributed by atoms with E-state index < -0.39 is 18.1 Å². The molecule has 0 aliphatic carbocycles. The summed E-state index contributed by atoms with van der Waals surface area (Å²) in [6.45, 7) is 5.84. The number of carbonyl (C=O) groups excluding carboxylic acids is 2. The lowest BCUT2D eigenvalue weighted by atomic mass is 9.98. The minimum absolute atomic E-state index is 0.0677. The summed E-state index contributed by atoms with van der Waals surface area (Å²) in [6.07, 6.45) is 3.16. The highest BCUT2D eigenvalue weighted by atomic mass is 16.6. The van der Waals surface area contributed by atoms with E-state index in [0.717, 1.165) is 86.0 Å². The highest BCUT2D eigenvalue weighted by molar-refractivity contribution is 5.89. The number of aromatic amines is 1. The number of pyridine rings is 1. The van der Waals surface area contributed by atoms with Crippen molar-refractivity contribution < 1.29 is 33.6 Å². The summed E-state index contributed by atoms with van der Waals surface area (Å²) in [4.78, 5) is 42.4. The summed E-state index contributed by atoms with van der Waals surface area (Å²) in [5, 5.41) is 17.4. The van der Waals surface area contributed by atoms with Gasteiger partial charge in [0.2, 0.25) is 5.56 Å². The summed E-state index contributed by atoms with van der Waals surface area (Å²) in [6, 6.07) is 31.0. The number of aromatic nitrogens is 1. The van der Waals surface area contributed by atoms with E-state index in [1.54, 1.807) is 24.3 Å². The van der Waals surface area contributed by atoms with Crippen LogP contribution in [0.1, 0.15) is 57.9 Å². The van der Waals surface area contributed by atoms with Crippen molar-refractivity contribution in [3.8, 4) is 11.5 Å². The monoisotopic (exact) mass is 774 g/mol. The fraction of sp³-hybridized carbons (Fsp3) is 0.356. The van der Waals surface area contributed by atoms with Crippen LogP contribution in [0.5, 0.6) is 11.5 Å². The molecule has 12 heteroatoms. The second kappa shape index (κ2) is 19.4. The molecule has 0 radical (unpaired) electrons. The van der Waals surface area contributed by atoms with E-state index in [0.29, 0.717) is 42.6 Å². The molecule has 3 heterocycles. The van der Waals surface area contributed by atoms with Crippen LogP contribution in [0.2, 0.25) is 0 Å². The predicted octanol–water partition coefficient (Wildman–Crippen LogP) is 6.12. The number of nitrogens with one attached hydrogen (secondary N) is 3. The van der Waals surface area contributed by atoms with Gasteiger partial charge in [-0.15, -0.1) is 0 Å². The second-order valence-electron chi connectivity index (χ2n) is 14.6. The molecule has 298 valence electrons. The molecule has 4 atom stereocenters. The highest BCUT2D eigenvalue weighted by Crippen LogP contribution is 2.31. The maximum atomic E-state index is 13.1. The van der Waals surface area contributed by atoms with Gasteiger partial charge in [-0.1, -0.05) is 60.7 Å². The smallest absolute Gasteiger partial charge is 0.408 e. The zero-order valence-corrected chi connectivity index (χ0v) is 32.0. The Hall–Kier alpha value is -5.69. The van der Waals surface area contributed by atoms with E-state index in [2.05, 4.69) is 20.5 Å². The first kappa shape index (κ1) is 39.5. The number of phenols is 1. The zero-order chi connectivity index (χ0) is 39.4. The van der Waals surface area contributed by atoms with Gasteiger partial charge in [-0.2, -0.15) is 0 Å². The molecule has 5 aromatic rings. The molecule has 12 nitrogen and oxygen atoms in total. The lowest BCUT2D eigenvalue weighted by Crippen LogP contribution is -2.37. The van der Waals surface area contributed by atoms with E-state index in [1.807, 2.05) is 72.8 Å². The maximum absolute atomic E-state index is 13.1. The van der Waals surface area contributed by atoms with E-state index in [-0.39, 0.29) is 24.0 Å². The topological polar surface area (TPSA) is 151 Å². The van der Waals surface area contributed by atoms with E-state index in [1.165, 1.54) is 6.07 Å². The Morgan fingerprint density at radius 2 is 1.70 bits per heavy atom. The number of unbranched alkanes of at least 4 members (excludes halogenated alkanes) is 1. The van der Waals surface area contributed by atoms with Crippen molar-refractivity contribution in [3.63, 3.8) is 0 Å². The van der Waals surface area contributed by atoms with Crippen molar-refractivity contribution in [1.82, 2.24) is 20.5 Å². The molecule has 2 aliphatic rings. The number of rotatable bonds is 19. The summed E-state index contributed by atoms with van der Waals surface area (Å²) in [7, 11) is 0. The second-order valence-corrected chi connectivity index (χ2v) is 14.6. The third kappa shape index (κ3) is 10.8. The molecule has 1 aromatic heterocycles. The van der Waals surface area contributed by atoms with Crippen LogP contribution in [0.3, 0.4) is 0 Å². The average Bonchev–Trinajstić information content (AvgIpc) is 3.86. The summed E-state index contributed by atoms with van der Waals surface area (Å²) in [5.41, 5.74) is 4.44. The largest absolute Gasteiger partial charge is 0.506 e. The lowest BCUT2D eigenvalue weighted by molar-refractivity contribution is 0.0313. The van der Waals surface area contributed by atoms with Crippen LogP contribution in [-0.4, -0.2) is 85.7 Å². The van der Waals surface area contributed by atoms with Crippen LogP contribution in [0.4, 0.5) is 4.79 Å². The molecule has 2 aliphatic heterocycles. The number of piperidine rings is 1. The van der Waals surface area contributed by atoms with Gasteiger partial charge in [0.1, 0.15) is 30.8 Å². The van der Waals surface area contributed by atoms with Gasteiger partial charge >= 0.3 is 12.1 Å². The van der Waals surface area contributed by atoms with Gasteiger partial charge < -0.3 is 39.7 Å². The summed E-state index contributed by atoms with van der Waals surface area (Å²) in [5.74, 6) is 0.725. The number of carbonyl (C=O) groups is 2. The van der Waals surface area contributed by atoms with Gasteiger partial charge in [-0.25, -0.2) is 9.59 Å². The number of H-pyrrole nitrogens is 1. The highest BCUT2D eigenvalue weighted by Gasteiger charge is 2.40. The Kier molecular flexibility index (Phi) is 13.5. The van der Waals surface area contributed by atoms with Crippen LogP contribution in [-0.2, 0) is 27.2 Å². The standard InChI is InChI=1S/C45H50N4O8/c50-39-17-15-32(38-16-18-41(51)47-43(38)39)19-22-46-21-4-5-24-54-25-26-55-44(52)34-13-11-31(12-14-34)30-56-37-10-6-9-35(27-37)42(33-7-2-1-3-8-33)48-45(53)57-40-29-49-23-20-36(40)28-49/h1-3,6-18,27,36,40,42,46,50H,4-5,19-26,28-30H2,(H,47,51)(H,48,53)/t36?,40-,42?/m0/s1. The minimum Gasteiger partial charge on any atom is -0.506 e. The number of alkyl carbamates (subject to hydrolysis) is 1. The van der Waals surface area contributed by atoms with Gasteiger partial charge in [0, 0.05) is 37.1 Å². The number of nitrogens with zero attached hydrogens (tertiary/aromatic N) is 1. The molecule has 3 unspecified atom stereocenters. The molecule has 4 aromatic carbocycles. The van der Waals surface area contributed by atoms with Gasteiger partial charge in [-0.05, 0) is 104 Å². The maximum Gasteiger partial charge on any atom is 0.408 e. The Bertz CT molecular complexity index is 2160. The first-order valence-corrected chi connectivity index (χ1v) is 19.8. The zero-order valence-electron chi connectivity index (χ0n) is 32.0. The SMILES string of the molecule is O=C(NC(c1ccccc1)c1cccc(OCc2ccc(C(=O)OCCOCCCCNCCc3ccc(O)c4[nH]c(=O)ccc34)cc2)c1)O[C@H]1CN2CCC1C2. The van der Waals surface area contributed by atoms with Crippen molar-refractivity contribution in [2.45, 2.75) is 44.4 Å². The van der Waals surface area contributed by atoms with Gasteiger partial charge in [-0.3, -0.25) is 9.69 Å². The Morgan fingerprint density at radius 1 is 0.860 bits per heavy atom. The number of aromatic hydroxyl groups is 1. The van der Waals surface area contributed by atoms with Gasteiger partial charge in [0.25, 0.3) is 0 Å². The van der Waals surface area contributed by atoms with Crippen LogP contribution < -0.4 is 20.9 Å². The number of benzene rings is 4. The first-order valence-electron chi connectivity index (χ1n) is 19.8. The third-order valence-electron chi connectivity index (χ3n) is 10.6. The van der Waals surface area contributed by atoms with Crippen LogP contribution >= 0.6 is 0 Å². The first-order chi connectivity index (χ1) is 27.9. The Balaban J connectivity index is 0.783.